The zero-order chi connectivity index (χ0) is 103. The predicted octanol–water partition coefficient (Wildman–Crippen LogP) is 16.2. The average molecular weight is 2040 g/mol. The number of aromatic hydroxyl groups is 3. The van der Waals surface area contributed by atoms with Crippen LogP contribution in [0, 0.1) is 58.1 Å². The van der Waals surface area contributed by atoms with Gasteiger partial charge in [0.05, 0.1) is 65.8 Å². The van der Waals surface area contributed by atoms with Crippen molar-refractivity contribution in [3.63, 3.8) is 0 Å². The first-order valence-corrected chi connectivity index (χ1v) is 49.6. The minimum atomic E-state index is -0.831. The fourth-order valence-electron chi connectivity index (χ4n) is 18.0. The van der Waals surface area contributed by atoms with Gasteiger partial charge in [-0.3, -0.25) is 37.4 Å². The van der Waals surface area contributed by atoms with Crippen LogP contribution in [0.5, 0.6) is 17.2 Å². The van der Waals surface area contributed by atoms with Gasteiger partial charge in [-0.2, -0.15) is 20.4 Å². The van der Waals surface area contributed by atoms with E-state index in [1.54, 1.807) is 62.1 Å². The van der Waals surface area contributed by atoms with E-state index in [2.05, 4.69) is 75.8 Å². The first-order valence-electron chi connectivity index (χ1n) is 46.2. The molecule has 0 unspecified atom stereocenters. The molecule has 0 aliphatic carbocycles. The Labute approximate surface area is 847 Å². The van der Waals surface area contributed by atoms with Crippen LogP contribution < -0.4 is 45.2 Å². The van der Waals surface area contributed by atoms with Crippen molar-refractivity contribution in [2.75, 3.05) is 22.9 Å². The van der Waals surface area contributed by atoms with Crippen LogP contribution in [0.15, 0.2) is 224 Å². The molecule has 16 aromatic heterocycles. The molecule has 0 amide bonds. The van der Waals surface area contributed by atoms with E-state index in [0.717, 1.165) is 92.3 Å². The average Bonchev–Trinajstić information content (AvgIpc) is 1.62. The Morgan fingerprint density at radius 1 is 0.367 bits per heavy atom. The van der Waals surface area contributed by atoms with Crippen molar-refractivity contribution in [3.05, 3.63) is 331 Å². The number of anilines is 4. The van der Waals surface area contributed by atoms with Crippen LogP contribution in [0.1, 0.15) is 101 Å². The van der Waals surface area contributed by atoms with Gasteiger partial charge in [-0.05, 0) is 189 Å². The van der Waals surface area contributed by atoms with Crippen LogP contribution in [0.4, 0.5) is 32.1 Å². The van der Waals surface area contributed by atoms with Gasteiger partial charge in [0.1, 0.15) is 175 Å². The number of nitrogens with two attached hydrogens (primary N) is 4. The second-order valence-corrected chi connectivity index (χ2v) is 38.3. The fourth-order valence-corrected chi connectivity index (χ4v) is 21.7. The molecule has 36 nitrogen and oxygen atoms in total. The minimum Gasteiger partial charge on any atom is -0.508 e. The highest BCUT2D eigenvalue weighted by atomic mass is 32.1. The molecule has 0 saturated carbocycles. The number of rotatable bonds is 18. The second-order valence-electron chi connectivity index (χ2n) is 34.5. The number of hydrogen-bond acceptors (Lipinski definition) is 32. The molecule has 16 heterocycles. The van der Waals surface area contributed by atoms with Crippen LogP contribution in [-0.2, 0) is 45.4 Å². The third kappa shape index (κ3) is 18.2. The van der Waals surface area contributed by atoms with E-state index < -0.39 is 17.7 Å². The summed E-state index contributed by atoms with van der Waals surface area (Å²) in [7, 11) is 0. The Kier molecular flexibility index (Phi) is 26.1. The standard InChI is InChI=1S/C27H22FN7O2S.C27H23N7O2S.C26H20FN7O2S.C25H23N7O2S/c1-3-15-6-4-5-7-19(15)35-20(32-26-21(27(35)37)14(2)12-38-26)11-34-25-22(24(29)30-13-31-25)23(33-34)16-8-17(28)10-18(36)9-16;1-3-16-7-4-5-10-19(16)34-20(31-26-21(27(34)36)15(2)13-37-26)12-33-25-22(24(28)29-14-30-25)23(32-33)17-8-6-9-18(35)11-17;1-13-5-3-4-6-19(13)34-20(31-25-18(26(34)36)7-14(2)37-25)11-33-24-21(23(28)29-12-30-24)22(32-33)15-8-16(27)10-17(35)9-15;1-4-16-7-5-6-8-18(16)32-19(29-24-20(25(32)34)14(2)12-35-24)11-31-23-21(22(26)27-13-28-23)17(30-31)10-9-15(3)33/h4-10,12-13,36H,3,11H2,1-2H3,(H2,29,30,31);4-11,13-14,35H,3,12H2,1-2H3,(H2,28,29,30);3-10,12,35H,11H2,1-2H3,(H2,28,29,30);5-8,12-13,15,33H,4,11H2,1-3H3,(H2,26,27,28)/t;;;15-/m...1/s1. The van der Waals surface area contributed by atoms with Gasteiger partial charge in [-0.15, -0.1) is 45.3 Å². The number of phenolic OH excluding ortho intramolecular Hbond substituents is 3. The first-order chi connectivity index (χ1) is 71.0. The van der Waals surface area contributed by atoms with E-state index in [-0.39, 0.29) is 88.9 Å². The molecule has 23 rings (SSSR count). The highest BCUT2D eigenvalue weighted by Crippen LogP contribution is 2.40. The molecule has 23 aromatic rings. The lowest BCUT2D eigenvalue weighted by molar-refractivity contribution is 0.253. The Hall–Kier alpha value is -17.9. The molecule has 147 heavy (non-hydrogen) atoms. The number of nitrogens with zero attached hydrogens (tertiary/aromatic N) is 24. The van der Waals surface area contributed by atoms with Gasteiger partial charge >= 0.3 is 0 Å². The smallest absolute Gasteiger partial charge is 0.267 e. The molecule has 0 aliphatic rings. The quantitative estimate of drug-likeness (QED) is 0.0370. The number of aliphatic hydroxyl groups excluding tert-OH is 1. The van der Waals surface area contributed by atoms with E-state index in [0.29, 0.717) is 153 Å². The highest BCUT2D eigenvalue weighted by Gasteiger charge is 2.30. The van der Waals surface area contributed by atoms with Crippen molar-refractivity contribution < 1.29 is 29.2 Å². The zero-order valence-corrected chi connectivity index (χ0v) is 83.3. The van der Waals surface area contributed by atoms with Gasteiger partial charge < -0.3 is 43.4 Å². The monoisotopic (exact) mass is 2030 g/mol. The SMILES string of the molecule is CCc1ccccc1-n1c(Cn2nc(-c3cc(O)cc(F)c3)c3c(N)ncnc32)nc2scc(C)c2c1=O.CCc1ccccc1-n1c(Cn2nc(-c3cccc(O)c3)c3c(N)ncnc32)nc2scc(C)c2c1=O.CCc1ccccc1-n1c(Cn2nc(C#C[C@@H](C)O)c3c(N)ncnc32)nc2scc(C)c2c1=O.Cc1cc2c(=O)n(-c3ccccc3C)c(Cn3nc(-c4cc(O)cc(F)c4)c4c(N)ncnc43)nc2s1. The normalized spacial score (nSPS) is 11.7. The summed E-state index contributed by atoms with van der Waals surface area (Å²) in [6.07, 6.45) is 6.81. The molecule has 0 radical (unpaired) electrons. The summed E-state index contributed by atoms with van der Waals surface area (Å²) in [5.74, 6) is 6.72. The number of fused-ring (bicyclic) bond motifs is 8. The van der Waals surface area contributed by atoms with Gasteiger partial charge in [-0.1, -0.05) is 112 Å². The summed E-state index contributed by atoms with van der Waals surface area (Å²) < 4.78 is 41.3. The number of thiophene rings is 4. The molecule has 1 atom stereocenters. The molecular formula is C105H88F2N28O8S4. The van der Waals surface area contributed by atoms with E-state index >= 15 is 0 Å². The zero-order valence-electron chi connectivity index (χ0n) is 80.0. The third-order valence-electron chi connectivity index (χ3n) is 24.8. The molecular weight excluding hydrogens is 1950 g/mol. The van der Waals surface area contributed by atoms with Crippen LogP contribution in [0.25, 0.3) is 142 Å². The highest BCUT2D eigenvalue weighted by molar-refractivity contribution is 7.18. The summed E-state index contributed by atoms with van der Waals surface area (Å²) >= 11 is 5.74. The summed E-state index contributed by atoms with van der Waals surface area (Å²) in [5, 5.41) is 68.5. The van der Waals surface area contributed by atoms with Gasteiger partial charge in [0, 0.05) is 33.7 Å². The van der Waals surface area contributed by atoms with Gasteiger partial charge in [0.15, 0.2) is 22.6 Å². The minimum absolute atomic E-state index is 0.0741. The van der Waals surface area contributed by atoms with Gasteiger partial charge in [0.25, 0.3) is 22.2 Å². The summed E-state index contributed by atoms with van der Waals surface area (Å²) in [4.78, 5) is 112. The van der Waals surface area contributed by atoms with Crippen LogP contribution >= 0.6 is 45.3 Å². The first kappa shape index (κ1) is 96.6. The maximum atomic E-state index is 14.2. The lowest BCUT2D eigenvalue weighted by Crippen LogP contribution is -2.26. The molecule has 42 heteroatoms. The van der Waals surface area contributed by atoms with Crippen molar-refractivity contribution in [3.8, 4) is 85.6 Å². The molecule has 7 aromatic carbocycles. The van der Waals surface area contributed by atoms with E-state index in [1.807, 2.05) is 167 Å². The number of aliphatic hydroxyl groups is 1. The van der Waals surface area contributed by atoms with Crippen molar-refractivity contribution in [2.24, 2.45) is 0 Å². The third-order valence-corrected chi connectivity index (χ3v) is 28.7. The lowest BCUT2D eigenvalue weighted by atomic mass is 10.1. The number of aryl methyl sites for hydroxylation is 8. The molecule has 734 valence electrons. The Morgan fingerprint density at radius 3 is 1.10 bits per heavy atom. The summed E-state index contributed by atoms with van der Waals surface area (Å²) in [6, 6.07) is 46.9. The topological polar surface area (TPSA) is 499 Å². The fraction of sp³-hybridized carbons (Fsp3) is 0.162. The molecule has 0 spiro atoms. The van der Waals surface area contributed by atoms with E-state index in [1.165, 1.54) is 94.9 Å². The number of phenols is 3. The van der Waals surface area contributed by atoms with E-state index in [9.17, 15) is 48.4 Å². The lowest BCUT2D eigenvalue weighted by Gasteiger charge is -2.16. The van der Waals surface area contributed by atoms with Gasteiger partial charge in [-0.25, -0.2) is 87.3 Å². The largest absolute Gasteiger partial charge is 0.508 e. The van der Waals surface area contributed by atoms with Gasteiger partial charge in [0.2, 0.25) is 0 Å². The van der Waals surface area contributed by atoms with Crippen molar-refractivity contribution in [2.45, 2.75) is 114 Å². The predicted molar refractivity (Wildman–Crippen MR) is 568 cm³/mol. The Balaban J connectivity index is 0.000000119. The second kappa shape index (κ2) is 39.8. The summed E-state index contributed by atoms with van der Waals surface area (Å²) in [5.41, 5.74) is 38.5. The number of para-hydroxylation sites is 4. The van der Waals surface area contributed by atoms with Crippen LogP contribution in [-0.4, -0.2) is 144 Å². The number of hydrogen-bond donors (Lipinski definition) is 8. The van der Waals surface area contributed by atoms with Crippen molar-refractivity contribution >= 4 is 154 Å². The molecule has 0 aliphatic heterocycles. The maximum absolute atomic E-state index is 14.2. The molecule has 0 saturated heterocycles. The maximum Gasteiger partial charge on any atom is 0.267 e. The number of nitrogen functional groups attached to an aromatic ring is 4. The van der Waals surface area contributed by atoms with Crippen LogP contribution in [0.3, 0.4) is 0 Å². The number of aromatic nitrogens is 24. The van der Waals surface area contributed by atoms with E-state index in [4.69, 9.17) is 53.1 Å². The number of benzene rings is 7. The molecule has 0 fully saturated rings. The van der Waals surface area contributed by atoms with Crippen molar-refractivity contribution in [1.29, 1.82) is 0 Å². The van der Waals surface area contributed by atoms with Crippen LogP contribution in [0.2, 0.25) is 0 Å². The summed E-state index contributed by atoms with van der Waals surface area (Å²) in [6.45, 7) is 17.8. The number of halogens is 2. The molecule has 12 N–H and O–H groups in total. The van der Waals surface area contributed by atoms with Crippen molar-refractivity contribution in [1.82, 2.24) is 117 Å². The Morgan fingerprint density at radius 2 is 0.714 bits per heavy atom. The Bertz CT molecular complexity index is 9530. The molecule has 0 bridgehead atoms.